The SMILES string of the molecule is CC(C)CN1CCC(C(Nc2cc3cc(-c4cnn(C)c4)c(F)cc3cn2)=C2CC2)CC1. The number of nitrogens with one attached hydrogen (secondary N) is 1. The van der Waals surface area contributed by atoms with Crippen LogP contribution in [0.25, 0.3) is 21.9 Å². The molecule has 0 atom stereocenters. The van der Waals surface area contributed by atoms with E-state index in [1.165, 1.54) is 51.0 Å². The van der Waals surface area contributed by atoms with Gasteiger partial charge in [-0.25, -0.2) is 9.37 Å². The summed E-state index contributed by atoms with van der Waals surface area (Å²) in [5, 5.41) is 9.65. The normalized spacial score (nSPS) is 17.3. The molecule has 0 bridgehead atoms. The number of fused-ring (bicyclic) bond motifs is 1. The van der Waals surface area contributed by atoms with Crippen molar-refractivity contribution in [2.75, 3.05) is 25.0 Å². The summed E-state index contributed by atoms with van der Waals surface area (Å²) in [6, 6.07) is 5.52. The topological polar surface area (TPSA) is 46.0 Å². The van der Waals surface area contributed by atoms with E-state index in [2.05, 4.69) is 34.1 Å². The number of allylic oxidation sites excluding steroid dienone is 2. The number of aromatic nitrogens is 3. The van der Waals surface area contributed by atoms with Crippen LogP contribution in [0.15, 0.2) is 48.1 Å². The van der Waals surface area contributed by atoms with Crippen molar-refractivity contribution in [3.05, 3.63) is 53.9 Å². The van der Waals surface area contributed by atoms with Crippen molar-refractivity contribution in [3.63, 3.8) is 0 Å². The maximum absolute atomic E-state index is 14.7. The van der Waals surface area contributed by atoms with Gasteiger partial charge in [-0.1, -0.05) is 13.8 Å². The van der Waals surface area contributed by atoms with Gasteiger partial charge in [0.2, 0.25) is 0 Å². The van der Waals surface area contributed by atoms with Gasteiger partial charge >= 0.3 is 0 Å². The third kappa shape index (κ3) is 4.56. The fourth-order valence-electron chi connectivity index (χ4n) is 4.89. The quantitative estimate of drug-likeness (QED) is 0.549. The maximum Gasteiger partial charge on any atom is 0.131 e. The summed E-state index contributed by atoms with van der Waals surface area (Å²) in [7, 11) is 1.84. The second-order valence-corrected chi connectivity index (χ2v) is 9.76. The van der Waals surface area contributed by atoms with Crippen LogP contribution in [-0.4, -0.2) is 39.3 Å². The molecule has 0 spiro atoms. The Morgan fingerprint density at radius 3 is 2.56 bits per heavy atom. The van der Waals surface area contributed by atoms with Crippen LogP contribution >= 0.6 is 0 Å². The summed E-state index contributed by atoms with van der Waals surface area (Å²) in [4.78, 5) is 7.21. The van der Waals surface area contributed by atoms with E-state index >= 15 is 0 Å². The number of rotatable bonds is 6. The molecular formula is C26H32FN5. The molecule has 168 valence electrons. The number of benzene rings is 1. The van der Waals surface area contributed by atoms with Crippen LogP contribution < -0.4 is 5.32 Å². The van der Waals surface area contributed by atoms with E-state index in [0.717, 1.165) is 22.2 Å². The number of hydrogen-bond donors (Lipinski definition) is 1. The standard InChI is InChI=1S/C26H32FN5/c1-17(2)15-32-8-6-19(7-9-32)26(18-4-5-18)30-25-12-20-10-23(22-14-29-31(3)16-22)24(27)11-21(20)13-28-25/h10-14,16-17,19H,4-9,15H2,1-3H3,(H,28,30). The summed E-state index contributed by atoms with van der Waals surface area (Å²) >= 11 is 0. The Bertz CT molecular complexity index is 1150. The fourth-order valence-corrected chi connectivity index (χ4v) is 4.89. The minimum Gasteiger partial charge on any atom is -0.344 e. The second kappa shape index (κ2) is 8.66. The highest BCUT2D eigenvalue weighted by atomic mass is 19.1. The van der Waals surface area contributed by atoms with Crippen molar-refractivity contribution >= 4 is 16.6 Å². The molecule has 1 N–H and O–H groups in total. The molecule has 1 saturated heterocycles. The summed E-state index contributed by atoms with van der Waals surface area (Å²) in [5.74, 6) is 1.89. The van der Waals surface area contributed by atoms with Crippen LogP contribution in [0, 0.1) is 17.7 Å². The third-order valence-corrected chi connectivity index (χ3v) is 6.59. The summed E-state index contributed by atoms with van der Waals surface area (Å²) in [5.41, 5.74) is 4.29. The molecule has 2 aromatic heterocycles. The molecule has 0 amide bonds. The molecule has 5 rings (SSSR count). The van der Waals surface area contributed by atoms with Crippen LogP contribution in [0.5, 0.6) is 0 Å². The molecule has 2 aliphatic rings. The predicted octanol–water partition coefficient (Wildman–Crippen LogP) is 5.60. The lowest BCUT2D eigenvalue weighted by Crippen LogP contribution is -2.37. The molecule has 1 aliphatic carbocycles. The van der Waals surface area contributed by atoms with E-state index in [-0.39, 0.29) is 5.82 Å². The minimum atomic E-state index is -0.248. The van der Waals surface area contributed by atoms with Gasteiger partial charge in [0.15, 0.2) is 0 Å². The Kier molecular flexibility index (Phi) is 5.72. The number of hydrogen-bond acceptors (Lipinski definition) is 4. The van der Waals surface area contributed by atoms with E-state index in [1.54, 1.807) is 28.7 Å². The molecule has 1 aliphatic heterocycles. The number of nitrogens with zero attached hydrogens (tertiary/aromatic N) is 4. The Morgan fingerprint density at radius 1 is 1.12 bits per heavy atom. The second-order valence-electron chi connectivity index (χ2n) is 9.76. The predicted molar refractivity (Wildman–Crippen MR) is 128 cm³/mol. The lowest BCUT2D eigenvalue weighted by Gasteiger charge is -2.34. The molecule has 0 radical (unpaired) electrons. The van der Waals surface area contributed by atoms with Crippen molar-refractivity contribution in [1.82, 2.24) is 19.7 Å². The Labute approximate surface area is 189 Å². The van der Waals surface area contributed by atoms with Crippen LogP contribution in [0.2, 0.25) is 0 Å². The molecule has 1 aromatic carbocycles. The minimum absolute atomic E-state index is 0.248. The average Bonchev–Trinajstić information content (AvgIpc) is 3.52. The number of pyridine rings is 1. The monoisotopic (exact) mass is 433 g/mol. The first-order chi connectivity index (χ1) is 15.5. The zero-order valence-corrected chi connectivity index (χ0v) is 19.2. The smallest absolute Gasteiger partial charge is 0.131 e. The molecular weight excluding hydrogens is 401 g/mol. The number of aryl methyl sites for hydroxylation is 1. The average molecular weight is 434 g/mol. The van der Waals surface area contributed by atoms with Crippen molar-refractivity contribution in [3.8, 4) is 11.1 Å². The Morgan fingerprint density at radius 2 is 1.91 bits per heavy atom. The molecule has 3 heterocycles. The molecule has 2 fully saturated rings. The highest BCUT2D eigenvalue weighted by molar-refractivity contribution is 5.88. The van der Waals surface area contributed by atoms with E-state index in [0.29, 0.717) is 17.4 Å². The third-order valence-electron chi connectivity index (χ3n) is 6.59. The summed E-state index contributed by atoms with van der Waals surface area (Å²) < 4.78 is 16.4. The van der Waals surface area contributed by atoms with Gasteiger partial charge in [-0.15, -0.1) is 0 Å². The zero-order chi connectivity index (χ0) is 22.2. The molecule has 32 heavy (non-hydrogen) atoms. The van der Waals surface area contributed by atoms with Crippen LogP contribution in [0.3, 0.4) is 0 Å². The Hall–Kier alpha value is -2.73. The van der Waals surface area contributed by atoms with Crippen molar-refractivity contribution < 1.29 is 4.39 Å². The molecule has 0 unspecified atom stereocenters. The van der Waals surface area contributed by atoms with Gasteiger partial charge in [0.05, 0.1) is 6.20 Å². The van der Waals surface area contributed by atoms with Crippen molar-refractivity contribution in [2.45, 2.75) is 39.5 Å². The first-order valence-corrected chi connectivity index (χ1v) is 11.8. The largest absolute Gasteiger partial charge is 0.344 e. The summed E-state index contributed by atoms with van der Waals surface area (Å²) in [6.45, 7) is 8.11. The van der Waals surface area contributed by atoms with Gasteiger partial charge in [-0.05, 0) is 73.8 Å². The van der Waals surface area contributed by atoms with Gasteiger partial charge in [-0.3, -0.25) is 4.68 Å². The van der Waals surface area contributed by atoms with Gasteiger partial charge in [0.25, 0.3) is 0 Å². The highest BCUT2D eigenvalue weighted by Gasteiger charge is 2.28. The van der Waals surface area contributed by atoms with E-state index < -0.39 is 0 Å². The van der Waals surface area contributed by atoms with Crippen molar-refractivity contribution in [1.29, 1.82) is 0 Å². The van der Waals surface area contributed by atoms with Gasteiger partial charge in [-0.2, -0.15) is 5.10 Å². The van der Waals surface area contributed by atoms with Crippen molar-refractivity contribution in [2.24, 2.45) is 18.9 Å². The number of likely N-dealkylation sites (tertiary alicyclic amines) is 1. The van der Waals surface area contributed by atoms with Gasteiger partial charge < -0.3 is 10.2 Å². The van der Waals surface area contributed by atoms with E-state index in [4.69, 9.17) is 0 Å². The molecule has 6 heteroatoms. The highest BCUT2D eigenvalue weighted by Crippen LogP contribution is 2.39. The maximum atomic E-state index is 14.7. The van der Waals surface area contributed by atoms with E-state index in [1.807, 2.05) is 25.4 Å². The molecule has 1 saturated carbocycles. The number of piperidine rings is 1. The fraction of sp³-hybridized carbons (Fsp3) is 0.462. The molecule has 3 aromatic rings. The summed E-state index contributed by atoms with van der Waals surface area (Å²) in [6.07, 6.45) is 10.1. The number of halogens is 1. The lowest BCUT2D eigenvalue weighted by molar-refractivity contribution is 0.180. The first kappa shape index (κ1) is 21.1. The van der Waals surface area contributed by atoms with E-state index in [9.17, 15) is 4.39 Å². The molecule has 5 nitrogen and oxygen atoms in total. The van der Waals surface area contributed by atoms with Crippen LogP contribution in [0.4, 0.5) is 10.2 Å². The van der Waals surface area contributed by atoms with Crippen LogP contribution in [-0.2, 0) is 7.05 Å². The number of anilines is 1. The van der Waals surface area contributed by atoms with Crippen LogP contribution in [0.1, 0.15) is 39.5 Å². The Balaban J connectivity index is 1.37. The zero-order valence-electron chi connectivity index (χ0n) is 19.2. The van der Waals surface area contributed by atoms with Gasteiger partial charge in [0, 0.05) is 54.1 Å². The first-order valence-electron chi connectivity index (χ1n) is 11.8. The lowest BCUT2D eigenvalue weighted by atomic mass is 9.92. The van der Waals surface area contributed by atoms with Gasteiger partial charge in [0.1, 0.15) is 11.6 Å².